The second kappa shape index (κ2) is 8.39. The number of Topliss-reactive ketones (excluding diaryl/α,β-unsaturated/α-hetero) is 1. The second-order valence-electron chi connectivity index (χ2n) is 7.85. The fourth-order valence-corrected chi connectivity index (χ4v) is 4.43. The predicted molar refractivity (Wildman–Crippen MR) is 107 cm³/mol. The average Bonchev–Trinajstić information content (AvgIpc) is 3.25. The number of carbonyl (C=O) groups is 2. The Morgan fingerprint density at radius 3 is 2.90 bits per heavy atom. The smallest absolute Gasteiger partial charge is 0.336 e. The van der Waals surface area contributed by atoms with E-state index in [1.807, 2.05) is 0 Å². The number of carbonyl (C=O) groups excluding carboxylic acids is 2. The van der Waals surface area contributed by atoms with Crippen LogP contribution in [0.2, 0.25) is 0 Å². The van der Waals surface area contributed by atoms with Crippen molar-refractivity contribution < 1.29 is 24.0 Å². The normalized spacial score (nSPS) is 23.8. The molecule has 0 unspecified atom stereocenters. The quantitative estimate of drug-likeness (QED) is 0.449. The molecule has 3 aliphatic rings. The molecule has 1 fully saturated rings. The van der Waals surface area contributed by atoms with Gasteiger partial charge in [0.25, 0.3) is 5.69 Å². The van der Waals surface area contributed by atoms with E-state index in [4.69, 9.17) is 9.47 Å². The van der Waals surface area contributed by atoms with Crippen molar-refractivity contribution in [2.45, 2.75) is 51.0 Å². The number of non-ortho nitro benzene ring substituents is 1. The number of benzene rings is 1. The van der Waals surface area contributed by atoms with Crippen LogP contribution in [-0.2, 0) is 19.1 Å². The molecular formula is C22H24N2O6. The maximum atomic E-state index is 13.1. The van der Waals surface area contributed by atoms with Crippen molar-refractivity contribution in [3.63, 3.8) is 0 Å². The molecule has 1 N–H and O–H groups in total. The summed E-state index contributed by atoms with van der Waals surface area (Å²) in [6, 6.07) is 6.13. The van der Waals surface area contributed by atoms with Gasteiger partial charge < -0.3 is 14.8 Å². The standard InChI is InChI=1S/C22H24N2O6/c1-13-19(22(26)30-12-16-7-4-10-29-16)20(14-5-2-6-15(11-14)24(27)28)21-17(23-13)8-3-9-18(21)25/h2,5-6,11,16,20,23H,3-4,7-10,12H2,1H3/t16-,20+/m1/s1. The number of nitrogens with zero attached hydrogens (tertiary/aromatic N) is 1. The van der Waals surface area contributed by atoms with Crippen LogP contribution in [0.15, 0.2) is 46.8 Å². The van der Waals surface area contributed by atoms with E-state index in [9.17, 15) is 19.7 Å². The third kappa shape index (κ3) is 3.87. The van der Waals surface area contributed by atoms with E-state index in [0.717, 1.165) is 25.0 Å². The van der Waals surface area contributed by atoms with Crippen LogP contribution < -0.4 is 5.32 Å². The van der Waals surface area contributed by atoms with Crippen LogP contribution in [0.4, 0.5) is 5.69 Å². The van der Waals surface area contributed by atoms with Gasteiger partial charge in [-0.25, -0.2) is 4.79 Å². The molecule has 0 bridgehead atoms. The molecule has 158 valence electrons. The molecule has 0 radical (unpaired) electrons. The third-order valence-electron chi connectivity index (χ3n) is 5.83. The summed E-state index contributed by atoms with van der Waals surface area (Å²) in [7, 11) is 0. The van der Waals surface area contributed by atoms with Gasteiger partial charge in [-0.05, 0) is 38.2 Å². The largest absolute Gasteiger partial charge is 0.459 e. The molecule has 0 aromatic heterocycles. The van der Waals surface area contributed by atoms with Crippen LogP contribution in [-0.4, -0.2) is 36.0 Å². The molecule has 0 spiro atoms. The highest BCUT2D eigenvalue weighted by atomic mass is 16.6. The number of esters is 1. The van der Waals surface area contributed by atoms with Gasteiger partial charge in [-0.1, -0.05) is 12.1 Å². The number of rotatable bonds is 5. The lowest BCUT2D eigenvalue weighted by atomic mass is 9.75. The van der Waals surface area contributed by atoms with E-state index < -0.39 is 16.8 Å². The molecule has 8 nitrogen and oxygen atoms in total. The molecule has 2 aliphatic heterocycles. The highest BCUT2D eigenvalue weighted by molar-refractivity contribution is 6.03. The van der Waals surface area contributed by atoms with Crippen LogP contribution in [0.25, 0.3) is 0 Å². The van der Waals surface area contributed by atoms with Gasteiger partial charge >= 0.3 is 5.97 Å². The van der Waals surface area contributed by atoms with Gasteiger partial charge in [0.2, 0.25) is 0 Å². The highest BCUT2D eigenvalue weighted by Gasteiger charge is 2.39. The van der Waals surface area contributed by atoms with Gasteiger partial charge in [-0.2, -0.15) is 0 Å². The molecule has 1 aromatic carbocycles. The molecule has 4 rings (SSSR count). The summed E-state index contributed by atoms with van der Waals surface area (Å²) in [5.41, 5.74) is 2.69. The maximum absolute atomic E-state index is 13.1. The molecule has 1 saturated heterocycles. The van der Waals surface area contributed by atoms with E-state index in [1.165, 1.54) is 12.1 Å². The van der Waals surface area contributed by atoms with Gasteiger partial charge in [0.15, 0.2) is 5.78 Å². The van der Waals surface area contributed by atoms with Gasteiger partial charge in [0, 0.05) is 48.0 Å². The lowest BCUT2D eigenvalue weighted by Gasteiger charge is -2.34. The maximum Gasteiger partial charge on any atom is 0.336 e. The molecule has 1 aromatic rings. The van der Waals surface area contributed by atoms with E-state index in [2.05, 4.69) is 5.32 Å². The number of dihydropyridines is 1. The number of ether oxygens (including phenoxy) is 2. The van der Waals surface area contributed by atoms with Crippen LogP contribution in [0.3, 0.4) is 0 Å². The number of nitro groups is 1. The van der Waals surface area contributed by atoms with Crippen LogP contribution in [0, 0.1) is 10.1 Å². The van der Waals surface area contributed by atoms with Crippen LogP contribution >= 0.6 is 0 Å². The Balaban J connectivity index is 1.72. The van der Waals surface area contributed by atoms with Crippen molar-refractivity contribution >= 4 is 17.4 Å². The fraction of sp³-hybridized carbons (Fsp3) is 0.455. The van der Waals surface area contributed by atoms with Crippen molar-refractivity contribution in [2.75, 3.05) is 13.2 Å². The SMILES string of the molecule is CC1=C(C(=O)OC[C@H]2CCCO2)[C@H](c2cccc([N+](=O)[O-])c2)C2=C(CCCC2=O)N1. The lowest BCUT2D eigenvalue weighted by molar-refractivity contribution is -0.384. The molecule has 0 amide bonds. The second-order valence-corrected chi connectivity index (χ2v) is 7.85. The highest BCUT2D eigenvalue weighted by Crippen LogP contribution is 2.43. The fourth-order valence-electron chi connectivity index (χ4n) is 4.43. The molecule has 1 aliphatic carbocycles. The lowest BCUT2D eigenvalue weighted by Crippen LogP contribution is -2.35. The van der Waals surface area contributed by atoms with Gasteiger partial charge in [0.05, 0.1) is 16.6 Å². The van der Waals surface area contributed by atoms with E-state index in [0.29, 0.717) is 41.9 Å². The zero-order valence-corrected chi connectivity index (χ0v) is 16.8. The Labute approximate surface area is 174 Å². The van der Waals surface area contributed by atoms with Crippen molar-refractivity contribution in [1.82, 2.24) is 5.32 Å². The number of hydrogen-bond donors (Lipinski definition) is 1. The summed E-state index contributed by atoms with van der Waals surface area (Å²) in [5.74, 6) is -1.26. The number of hydrogen-bond acceptors (Lipinski definition) is 7. The molecule has 0 saturated carbocycles. The predicted octanol–water partition coefficient (Wildman–Crippen LogP) is 3.28. The van der Waals surface area contributed by atoms with Crippen molar-refractivity contribution in [1.29, 1.82) is 0 Å². The summed E-state index contributed by atoms with van der Waals surface area (Å²) < 4.78 is 11.1. The van der Waals surface area contributed by atoms with Gasteiger partial charge in [-0.3, -0.25) is 14.9 Å². The number of allylic oxidation sites excluding steroid dienone is 3. The van der Waals surface area contributed by atoms with Crippen molar-refractivity contribution in [3.8, 4) is 0 Å². The zero-order valence-electron chi connectivity index (χ0n) is 16.8. The molecule has 8 heteroatoms. The zero-order chi connectivity index (χ0) is 21.3. The number of ketones is 1. The monoisotopic (exact) mass is 412 g/mol. The Kier molecular flexibility index (Phi) is 5.67. The Morgan fingerprint density at radius 1 is 1.33 bits per heavy atom. The molecule has 2 atom stereocenters. The summed E-state index contributed by atoms with van der Waals surface area (Å²) in [4.78, 5) is 36.8. The van der Waals surface area contributed by atoms with E-state index in [-0.39, 0.29) is 24.2 Å². The first-order valence-electron chi connectivity index (χ1n) is 10.2. The van der Waals surface area contributed by atoms with Crippen LogP contribution in [0.1, 0.15) is 50.5 Å². The summed E-state index contributed by atoms with van der Waals surface area (Å²) in [5, 5.41) is 14.5. The Bertz CT molecular complexity index is 958. The average molecular weight is 412 g/mol. The van der Waals surface area contributed by atoms with Crippen molar-refractivity contribution in [3.05, 3.63) is 62.5 Å². The number of nitro benzene ring substituents is 1. The summed E-state index contributed by atoms with van der Waals surface area (Å²) >= 11 is 0. The van der Waals surface area contributed by atoms with E-state index in [1.54, 1.807) is 19.1 Å². The van der Waals surface area contributed by atoms with E-state index >= 15 is 0 Å². The summed E-state index contributed by atoms with van der Waals surface area (Å²) in [6.07, 6.45) is 3.48. The number of nitrogens with one attached hydrogen (secondary N) is 1. The van der Waals surface area contributed by atoms with Crippen molar-refractivity contribution in [2.24, 2.45) is 0 Å². The first kappa shape index (κ1) is 20.3. The molecule has 30 heavy (non-hydrogen) atoms. The molecule has 2 heterocycles. The molecular weight excluding hydrogens is 388 g/mol. The third-order valence-corrected chi connectivity index (χ3v) is 5.83. The first-order valence-corrected chi connectivity index (χ1v) is 10.2. The van der Waals surface area contributed by atoms with Crippen LogP contribution in [0.5, 0.6) is 0 Å². The Morgan fingerprint density at radius 2 is 2.17 bits per heavy atom. The first-order chi connectivity index (χ1) is 14.5. The summed E-state index contributed by atoms with van der Waals surface area (Å²) in [6.45, 7) is 2.58. The topological polar surface area (TPSA) is 108 Å². The minimum atomic E-state index is -0.689. The minimum absolute atomic E-state index is 0.0443. The van der Waals surface area contributed by atoms with Gasteiger partial charge in [-0.15, -0.1) is 0 Å². The Hall–Kier alpha value is -3.00. The minimum Gasteiger partial charge on any atom is -0.459 e. The van der Waals surface area contributed by atoms with Gasteiger partial charge in [0.1, 0.15) is 6.61 Å².